The minimum atomic E-state index is -0.277. The Hall–Kier alpha value is -3.03. The highest BCUT2D eigenvalue weighted by atomic mass is 16.2. The first-order valence-electron chi connectivity index (χ1n) is 8.64. The van der Waals surface area contributed by atoms with Gasteiger partial charge in [0.2, 0.25) is 5.95 Å². The van der Waals surface area contributed by atoms with Gasteiger partial charge in [-0.05, 0) is 32.0 Å². The van der Waals surface area contributed by atoms with Crippen molar-refractivity contribution < 1.29 is 9.59 Å². The number of carbonyl (C=O) groups excluding carboxylic acids is 2. The molecule has 1 saturated heterocycles. The molecule has 0 radical (unpaired) electrons. The van der Waals surface area contributed by atoms with Gasteiger partial charge in [-0.2, -0.15) is 0 Å². The van der Waals surface area contributed by atoms with Crippen LogP contribution in [0, 0.1) is 0 Å². The van der Waals surface area contributed by atoms with Crippen molar-refractivity contribution in [1.82, 2.24) is 25.2 Å². The van der Waals surface area contributed by atoms with Crippen LogP contribution >= 0.6 is 0 Å². The van der Waals surface area contributed by atoms with Crippen molar-refractivity contribution in [1.29, 1.82) is 0 Å². The first-order valence-corrected chi connectivity index (χ1v) is 8.64. The Kier molecular flexibility index (Phi) is 5.40. The molecule has 1 fully saturated rings. The lowest BCUT2D eigenvalue weighted by atomic mass is 10.2. The molecule has 8 heteroatoms. The number of anilines is 1. The summed E-state index contributed by atoms with van der Waals surface area (Å²) in [4.78, 5) is 41.3. The van der Waals surface area contributed by atoms with Crippen LogP contribution in [-0.4, -0.2) is 63.9 Å². The predicted octanol–water partition coefficient (Wildman–Crippen LogP) is 0.972. The maximum Gasteiger partial charge on any atom is 0.272 e. The topological polar surface area (TPSA) is 91.3 Å². The number of hydrogen-bond acceptors (Lipinski definition) is 6. The van der Waals surface area contributed by atoms with Crippen molar-refractivity contribution >= 4 is 17.8 Å². The average Bonchev–Trinajstić information content (AvgIpc) is 2.68. The Bertz CT molecular complexity index is 772. The molecule has 2 amide bonds. The summed E-state index contributed by atoms with van der Waals surface area (Å²) in [5.41, 5.74) is 0.534. The van der Waals surface area contributed by atoms with Crippen molar-refractivity contribution in [2.24, 2.45) is 0 Å². The SMILES string of the molecule is CC(C)NC(=O)c1cccc(C(=O)N2CCN(c3ncccn3)CC2)n1. The lowest BCUT2D eigenvalue weighted by Crippen LogP contribution is -2.49. The Balaban J connectivity index is 1.64. The van der Waals surface area contributed by atoms with E-state index in [1.54, 1.807) is 41.6 Å². The second-order valence-corrected chi connectivity index (χ2v) is 6.36. The molecule has 0 aliphatic carbocycles. The zero-order chi connectivity index (χ0) is 18.5. The molecule has 0 atom stereocenters. The van der Waals surface area contributed by atoms with Gasteiger partial charge in [-0.1, -0.05) is 6.07 Å². The minimum Gasteiger partial charge on any atom is -0.349 e. The van der Waals surface area contributed by atoms with Gasteiger partial charge in [0, 0.05) is 44.6 Å². The fourth-order valence-electron chi connectivity index (χ4n) is 2.74. The van der Waals surface area contributed by atoms with Gasteiger partial charge in [0.15, 0.2) is 0 Å². The van der Waals surface area contributed by atoms with Gasteiger partial charge in [-0.25, -0.2) is 15.0 Å². The van der Waals surface area contributed by atoms with Crippen LogP contribution in [0.2, 0.25) is 0 Å². The molecule has 2 aromatic heterocycles. The highest BCUT2D eigenvalue weighted by Crippen LogP contribution is 2.12. The molecule has 0 bridgehead atoms. The van der Waals surface area contributed by atoms with E-state index in [0.717, 1.165) is 0 Å². The highest BCUT2D eigenvalue weighted by Gasteiger charge is 2.24. The normalized spacial score (nSPS) is 14.4. The molecule has 1 aliphatic rings. The average molecular weight is 354 g/mol. The summed E-state index contributed by atoms with van der Waals surface area (Å²) in [6, 6.07) is 6.72. The number of amides is 2. The predicted molar refractivity (Wildman–Crippen MR) is 97.0 cm³/mol. The number of hydrogen-bond donors (Lipinski definition) is 1. The van der Waals surface area contributed by atoms with Crippen LogP contribution in [0.1, 0.15) is 34.8 Å². The lowest BCUT2D eigenvalue weighted by molar-refractivity contribution is 0.0740. The largest absolute Gasteiger partial charge is 0.349 e. The summed E-state index contributed by atoms with van der Waals surface area (Å²) in [5.74, 6) is 0.226. The van der Waals surface area contributed by atoms with Gasteiger partial charge in [-0.3, -0.25) is 9.59 Å². The quantitative estimate of drug-likeness (QED) is 0.880. The molecule has 3 rings (SSSR count). The van der Waals surface area contributed by atoms with E-state index >= 15 is 0 Å². The van der Waals surface area contributed by atoms with E-state index in [-0.39, 0.29) is 29.2 Å². The van der Waals surface area contributed by atoms with Crippen LogP contribution in [0.3, 0.4) is 0 Å². The standard InChI is InChI=1S/C18H22N6O2/c1-13(2)21-16(25)14-5-3-6-15(22-14)17(26)23-9-11-24(12-10-23)18-19-7-4-8-20-18/h3-8,13H,9-12H2,1-2H3,(H,21,25). The van der Waals surface area contributed by atoms with Crippen molar-refractivity contribution in [2.75, 3.05) is 31.1 Å². The highest BCUT2D eigenvalue weighted by molar-refractivity contribution is 5.96. The van der Waals surface area contributed by atoms with Gasteiger partial charge in [0.1, 0.15) is 11.4 Å². The molecule has 1 N–H and O–H groups in total. The van der Waals surface area contributed by atoms with Crippen LogP contribution in [-0.2, 0) is 0 Å². The molecule has 0 spiro atoms. The molecule has 0 aromatic carbocycles. The van der Waals surface area contributed by atoms with E-state index in [0.29, 0.717) is 32.1 Å². The third-order valence-corrected chi connectivity index (χ3v) is 4.02. The monoisotopic (exact) mass is 354 g/mol. The van der Waals surface area contributed by atoms with E-state index in [4.69, 9.17) is 0 Å². The molecule has 3 heterocycles. The smallest absolute Gasteiger partial charge is 0.272 e. The van der Waals surface area contributed by atoms with E-state index in [1.807, 2.05) is 18.7 Å². The molecular weight excluding hydrogens is 332 g/mol. The van der Waals surface area contributed by atoms with Crippen molar-refractivity contribution in [2.45, 2.75) is 19.9 Å². The Morgan fingerprint density at radius 1 is 1.00 bits per heavy atom. The summed E-state index contributed by atoms with van der Waals surface area (Å²) >= 11 is 0. The van der Waals surface area contributed by atoms with Crippen molar-refractivity contribution in [3.05, 3.63) is 48.0 Å². The van der Waals surface area contributed by atoms with Crippen LogP contribution in [0.5, 0.6) is 0 Å². The number of nitrogens with zero attached hydrogens (tertiary/aromatic N) is 5. The number of nitrogens with one attached hydrogen (secondary N) is 1. The second kappa shape index (κ2) is 7.90. The molecule has 26 heavy (non-hydrogen) atoms. The van der Waals surface area contributed by atoms with E-state index in [1.165, 1.54) is 0 Å². The Morgan fingerprint density at radius 2 is 1.65 bits per heavy atom. The number of carbonyl (C=O) groups is 2. The zero-order valence-corrected chi connectivity index (χ0v) is 14.9. The molecular formula is C18H22N6O2. The first kappa shape index (κ1) is 17.8. The van der Waals surface area contributed by atoms with Crippen LogP contribution < -0.4 is 10.2 Å². The number of rotatable bonds is 4. The summed E-state index contributed by atoms with van der Waals surface area (Å²) < 4.78 is 0. The molecule has 2 aromatic rings. The molecule has 136 valence electrons. The number of aromatic nitrogens is 3. The molecule has 1 aliphatic heterocycles. The summed E-state index contributed by atoms with van der Waals surface area (Å²) in [6.45, 7) is 6.18. The van der Waals surface area contributed by atoms with Gasteiger partial charge >= 0.3 is 0 Å². The van der Waals surface area contributed by atoms with Gasteiger partial charge < -0.3 is 15.1 Å². The molecule has 0 unspecified atom stereocenters. The van der Waals surface area contributed by atoms with Crippen LogP contribution in [0.4, 0.5) is 5.95 Å². The fourth-order valence-corrected chi connectivity index (χ4v) is 2.74. The first-order chi connectivity index (χ1) is 12.5. The maximum atomic E-state index is 12.7. The van der Waals surface area contributed by atoms with E-state index < -0.39 is 0 Å². The Labute approximate surface area is 152 Å². The van der Waals surface area contributed by atoms with Crippen molar-refractivity contribution in [3.63, 3.8) is 0 Å². The third kappa shape index (κ3) is 4.14. The minimum absolute atomic E-state index is 0.0111. The summed E-state index contributed by atoms with van der Waals surface area (Å²) in [6.07, 6.45) is 3.41. The van der Waals surface area contributed by atoms with Gasteiger partial charge in [0.25, 0.3) is 11.8 Å². The fraction of sp³-hybridized carbons (Fsp3) is 0.389. The Morgan fingerprint density at radius 3 is 2.31 bits per heavy atom. The third-order valence-electron chi connectivity index (χ3n) is 4.02. The summed E-state index contributed by atoms with van der Waals surface area (Å²) in [7, 11) is 0. The number of piperazine rings is 1. The number of pyridine rings is 1. The maximum absolute atomic E-state index is 12.7. The molecule has 8 nitrogen and oxygen atoms in total. The van der Waals surface area contributed by atoms with Crippen LogP contribution in [0.25, 0.3) is 0 Å². The van der Waals surface area contributed by atoms with E-state index in [2.05, 4.69) is 20.3 Å². The molecule has 0 saturated carbocycles. The lowest BCUT2D eigenvalue weighted by Gasteiger charge is -2.34. The van der Waals surface area contributed by atoms with Crippen molar-refractivity contribution in [3.8, 4) is 0 Å². The van der Waals surface area contributed by atoms with Gasteiger partial charge in [0.05, 0.1) is 0 Å². The zero-order valence-electron chi connectivity index (χ0n) is 14.9. The van der Waals surface area contributed by atoms with Gasteiger partial charge in [-0.15, -0.1) is 0 Å². The van der Waals surface area contributed by atoms with E-state index in [9.17, 15) is 9.59 Å². The summed E-state index contributed by atoms with van der Waals surface area (Å²) in [5, 5.41) is 2.78. The second-order valence-electron chi connectivity index (χ2n) is 6.36. The van der Waals surface area contributed by atoms with Crippen LogP contribution in [0.15, 0.2) is 36.7 Å².